The smallest absolute Gasteiger partial charge is 0.329 e. The van der Waals surface area contributed by atoms with Gasteiger partial charge >= 0.3 is 5.97 Å². The summed E-state index contributed by atoms with van der Waals surface area (Å²) >= 11 is 0. The molecular formula is C16H23NO4. The van der Waals surface area contributed by atoms with Crippen LogP contribution >= 0.6 is 0 Å². The maximum absolute atomic E-state index is 12.0. The molecule has 0 atom stereocenters. The van der Waals surface area contributed by atoms with Crippen LogP contribution in [-0.2, 0) is 9.59 Å². The summed E-state index contributed by atoms with van der Waals surface area (Å²) in [5.41, 5.74) is -0.0695. The molecule has 0 spiro atoms. The molecule has 0 heterocycles. The number of carboxylic acid groups (broad SMARTS) is 1. The highest BCUT2D eigenvalue weighted by Crippen LogP contribution is 2.19. The SMILES string of the molecule is CC(C)c1ccc(OCC(=O)N(C)C(C)(C)C(=O)O)cc1. The molecule has 0 saturated carbocycles. The van der Waals surface area contributed by atoms with Crippen LogP contribution in [0.3, 0.4) is 0 Å². The van der Waals surface area contributed by atoms with Crippen molar-refractivity contribution in [3.8, 4) is 5.75 Å². The van der Waals surface area contributed by atoms with Crippen molar-refractivity contribution in [2.75, 3.05) is 13.7 Å². The quantitative estimate of drug-likeness (QED) is 0.875. The fourth-order valence-electron chi connectivity index (χ4n) is 1.65. The van der Waals surface area contributed by atoms with Gasteiger partial charge in [0.2, 0.25) is 0 Å². The lowest BCUT2D eigenvalue weighted by Gasteiger charge is -2.31. The number of rotatable bonds is 6. The number of benzene rings is 1. The van der Waals surface area contributed by atoms with E-state index in [2.05, 4.69) is 13.8 Å². The zero-order valence-electron chi connectivity index (χ0n) is 13.2. The maximum atomic E-state index is 12.0. The summed E-state index contributed by atoms with van der Waals surface area (Å²) in [6.45, 7) is 6.97. The van der Waals surface area contributed by atoms with Gasteiger partial charge in [-0.3, -0.25) is 4.79 Å². The van der Waals surface area contributed by atoms with Crippen LogP contribution in [-0.4, -0.2) is 41.1 Å². The van der Waals surface area contributed by atoms with E-state index in [0.29, 0.717) is 11.7 Å². The summed E-state index contributed by atoms with van der Waals surface area (Å²) in [7, 11) is 1.46. The van der Waals surface area contributed by atoms with Crippen molar-refractivity contribution < 1.29 is 19.4 Å². The number of nitrogens with zero attached hydrogens (tertiary/aromatic N) is 1. The number of carboxylic acids is 1. The maximum Gasteiger partial charge on any atom is 0.329 e. The van der Waals surface area contributed by atoms with Crippen molar-refractivity contribution in [3.05, 3.63) is 29.8 Å². The number of amides is 1. The number of likely N-dealkylation sites (N-methyl/N-ethyl adjacent to an activating group) is 1. The fraction of sp³-hybridized carbons (Fsp3) is 0.500. The largest absolute Gasteiger partial charge is 0.484 e. The van der Waals surface area contributed by atoms with Gasteiger partial charge < -0.3 is 14.7 Å². The van der Waals surface area contributed by atoms with Crippen molar-refractivity contribution >= 4 is 11.9 Å². The fourth-order valence-corrected chi connectivity index (χ4v) is 1.65. The Morgan fingerprint density at radius 2 is 1.76 bits per heavy atom. The highest BCUT2D eigenvalue weighted by atomic mass is 16.5. The molecule has 1 aromatic carbocycles. The molecule has 0 aromatic heterocycles. The van der Waals surface area contributed by atoms with Crippen molar-refractivity contribution in [1.82, 2.24) is 4.90 Å². The van der Waals surface area contributed by atoms with Gasteiger partial charge in [0, 0.05) is 7.05 Å². The highest BCUT2D eigenvalue weighted by molar-refractivity contribution is 5.86. The molecule has 1 N–H and O–H groups in total. The standard InChI is InChI=1S/C16H23NO4/c1-11(2)12-6-8-13(9-7-12)21-10-14(18)17(5)16(3,4)15(19)20/h6-9,11H,10H2,1-5H3,(H,19,20). The molecule has 0 saturated heterocycles. The molecule has 5 nitrogen and oxygen atoms in total. The summed E-state index contributed by atoms with van der Waals surface area (Å²) < 4.78 is 5.41. The number of hydrogen-bond acceptors (Lipinski definition) is 3. The zero-order chi connectivity index (χ0) is 16.2. The first-order valence-corrected chi connectivity index (χ1v) is 6.89. The topological polar surface area (TPSA) is 66.8 Å². The molecule has 0 fully saturated rings. The van der Waals surface area contributed by atoms with E-state index >= 15 is 0 Å². The number of aliphatic carboxylic acids is 1. The number of ether oxygens (including phenoxy) is 1. The van der Waals surface area contributed by atoms with E-state index in [1.807, 2.05) is 24.3 Å². The van der Waals surface area contributed by atoms with Crippen LogP contribution in [0, 0.1) is 0 Å². The minimum atomic E-state index is -1.26. The first kappa shape index (κ1) is 17.0. The van der Waals surface area contributed by atoms with E-state index in [9.17, 15) is 9.59 Å². The molecule has 0 radical (unpaired) electrons. The molecule has 21 heavy (non-hydrogen) atoms. The van der Waals surface area contributed by atoms with Gasteiger partial charge in [-0.05, 0) is 37.5 Å². The number of carbonyl (C=O) groups excluding carboxylic acids is 1. The van der Waals surface area contributed by atoms with Crippen molar-refractivity contribution in [2.45, 2.75) is 39.2 Å². The van der Waals surface area contributed by atoms with E-state index in [-0.39, 0.29) is 12.5 Å². The van der Waals surface area contributed by atoms with Gasteiger partial charge in [0.05, 0.1) is 0 Å². The normalized spacial score (nSPS) is 11.3. The van der Waals surface area contributed by atoms with Crippen molar-refractivity contribution in [2.24, 2.45) is 0 Å². The Hall–Kier alpha value is -2.04. The molecule has 0 aliphatic heterocycles. The van der Waals surface area contributed by atoms with Gasteiger partial charge in [-0.25, -0.2) is 4.79 Å². The molecule has 5 heteroatoms. The predicted octanol–water partition coefficient (Wildman–Crippen LogP) is 2.51. The first-order valence-electron chi connectivity index (χ1n) is 6.89. The molecule has 0 bridgehead atoms. The van der Waals surface area contributed by atoms with E-state index in [1.54, 1.807) is 0 Å². The monoisotopic (exact) mass is 293 g/mol. The van der Waals surface area contributed by atoms with Gasteiger partial charge in [-0.15, -0.1) is 0 Å². The van der Waals surface area contributed by atoms with Crippen LogP contribution in [0.2, 0.25) is 0 Å². The van der Waals surface area contributed by atoms with Gasteiger partial charge in [0.1, 0.15) is 11.3 Å². The Balaban J connectivity index is 2.62. The Morgan fingerprint density at radius 1 is 1.24 bits per heavy atom. The lowest BCUT2D eigenvalue weighted by atomic mass is 10.0. The lowest BCUT2D eigenvalue weighted by Crippen LogP contribution is -2.52. The van der Waals surface area contributed by atoms with E-state index in [4.69, 9.17) is 9.84 Å². The Kier molecular flexibility index (Phi) is 5.35. The van der Waals surface area contributed by atoms with Gasteiger partial charge in [-0.1, -0.05) is 26.0 Å². The number of hydrogen-bond donors (Lipinski definition) is 1. The third-order valence-corrected chi connectivity index (χ3v) is 3.65. The molecule has 0 aliphatic carbocycles. The van der Waals surface area contributed by atoms with Crippen molar-refractivity contribution in [1.29, 1.82) is 0 Å². The molecule has 1 aromatic rings. The molecule has 1 amide bonds. The van der Waals surface area contributed by atoms with E-state index in [1.165, 1.54) is 31.4 Å². The van der Waals surface area contributed by atoms with E-state index < -0.39 is 11.5 Å². The highest BCUT2D eigenvalue weighted by Gasteiger charge is 2.35. The van der Waals surface area contributed by atoms with Crippen molar-refractivity contribution in [3.63, 3.8) is 0 Å². The second-order valence-electron chi connectivity index (χ2n) is 5.83. The van der Waals surface area contributed by atoms with Gasteiger partial charge in [0.15, 0.2) is 6.61 Å². The van der Waals surface area contributed by atoms with Crippen LogP contribution in [0.25, 0.3) is 0 Å². The average molecular weight is 293 g/mol. The Morgan fingerprint density at radius 3 is 2.19 bits per heavy atom. The second-order valence-corrected chi connectivity index (χ2v) is 5.83. The molecule has 0 unspecified atom stereocenters. The summed E-state index contributed by atoms with van der Waals surface area (Å²) in [5.74, 6) is -0.410. The zero-order valence-corrected chi connectivity index (χ0v) is 13.2. The summed E-state index contributed by atoms with van der Waals surface area (Å²) in [4.78, 5) is 24.3. The van der Waals surface area contributed by atoms with Crippen LogP contribution < -0.4 is 4.74 Å². The summed E-state index contributed by atoms with van der Waals surface area (Å²) in [6.07, 6.45) is 0. The first-order chi connectivity index (χ1) is 9.66. The number of carbonyl (C=O) groups is 2. The Bertz CT molecular complexity index is 506. The average Bonchev–Trinajstić information content (AvgIpc) is 2.44. The minimum Gasteiger partial charge on any atom is -0.484 e. The van der Waals surface area contributed by atoms with Crippen LogP contribution in [0.15, 0.2) is 24.3 Å². The third kappa shape index (κ3) is 4.21. The summed E-state index contributed by atoms with van der Waals surface area (Å²) in [5, 5.41) is 9.09. The van der Waals surface area contributed by atoms with Crippen LogP contribution in [0.5, 0.6) is 5.75 Å². The predicted molar refractivity (Wildman–Crippen MR) is 80.5 cm³/mol. The summed E-state index contributed by atoms with van der Waals surface area (Å²) in [6, 6.07) is 7.53. The van der Waals surface area contributed by atoms with Gasteiger partial charge in [0.25, 0.3) is 5.91 Å². The molecular weight excluding hydrogens is 270 g/mol. The molecule has 0 aliphatic rings. The lowest BCUT2D eigenvalue weighted by molar-refractivity contribution is -0.156. The van der Waals surface area contributed by atoms with Gasteiger partial charge in [-0.2, -0.15) is 0 Å². The second kappa shape index (κ2) is 6.61. The third-order valence-electron chi connectivity index (χ3n) is 3.65. The minimum absolute atomic E-state index is 0.186. The Labute approximate surface area is 125 Å². The van der Waals surface area contributed by atoms with Crippen LogP contribution in [0.4, 0.5) is 0 Å². The molecule has 116 valence electrons. The van der Waals surface area contributed by atoms with Crippen LogP contribution in [0.1, 0.15) is 39.2 Å². The molecule has 1 rings (SSSR count). The van der Waals surface area contributed by atoms with E-state index in [0.717, 1.165) is 0 Å².